The Morgan fingerprint density at radius 3 is 2.70 bits per heavy atom. The lowest BCUT2D eigenvalue weighted by Gasteiger charge is -2.38. The Morgan fingerprint density at radius 2 is 1.91 bits per heavy atom. The van der Waals surface area contributed by atoms with Crippen molar-refractivity contribution in [2.24, 2.45) is 5.92 Å². The molecule has 3 unspecified atom stereocenters. The molecule has 0 saturated heterocycles. The molecule has 0 bridgehead atoms. The van der Waals surface area contributed by atoms with Crippen LogP contribution in [0.5, 0.6) is 11.5 Å². The van der Waals surface area contributed by atoms with Crippen molar-refractivity contribution in [3.05, 3.63) is 63.7 Å². The quantitative estimate of drug-likeness (QED) is 0.619. The van der Waals surface area contributed by atoms with Gasteiger partial charge in [-0.15, -0.1) is 0 Å². The Kier molecular flexibility index (Phi) is 3.43. The van der Waals surface area contributed by atoms with Crippen LogP contribution in [0.2, 0.25) is 10.0 Å². The summed E-state index contributed by atoms with van der Waals surface area (Å²) in [4.78, 5) is 0. The van der Waals surface area contributed by atoms with Gasteiger partial charge in [0, 0.05) is 38.8 Å². The van der Waals surface area contributed by atoms with Gasteiger partial charge in [-0.1, -0.05) is 35.4 Å². The summed E-state index contributed by atoms with van der Waals surface area (Å²) in [5, 5.41) is 24.5. The van der Waals surface area contributed by atoms with Crippen LogP contribution in [-0.4, -0.2) is 10.2 Å². The molecule has 0 aromatic heterocycles. The Balaban J connectivity index is 1.84. The Labute approximate surface area is 144 Å². The highest BCUT2D eigenvalue weighted by molar-refractivity contribution is 6.35. The molecule has 23 heavy (non-hydrogen) atoms. The van der Waals surface area contributed by atoms with E-state index in [4.69, 9.17) is 23.2 Å². The fourth-order valence-electron chi connectivity index (χ4n) is 3.75. The Morgan fingerprint density at radius 1 is 1.09 bits per heavy atom. The van der Waals surface area contributed by atoms with Crippen molar-refractivity contribution in [3.63, 3.8) is 0 Å². The van der Waals surface area contributed by atoms with E-state index < -0.39 is 0 Å². The molecule has 2 aliphatic rings. The number of fused-ring (bicyclic) bond motifs is 3. The third-order valence-corrected chi connectivity index (χ3v) is 5.26. The smallest absolute Gasteiger partial charge is 0.124 e. The maximum absolute atomic E-state index is 10.2. The molecule has 5 heteroatoms. The predicted molar refractivity (Wildman–Crippen MR) is 92.6 cm³/mol. The summed E-state index contributed by atoms with van der Waals surface area (Å²) in [6, 6.07) is 8.29. The summed E-state index contributed by atoms with van der Waals surface area (Å²) in [6.07, 6.45) is 5.23. The lowest BCUT2D eigenvalue weighted by molar-refractivity contribution is 0.398. The molecule has 2 aromatic carbocycles. The van der Waals surface area contributed by atoms with Crippen LogP contribution >= 0.6 is 23.2 Å². The summed E-state index contributed by atoms with van der Waals surface area (Å²) in [5.41, 5.74) is 2.72. The molecular formula is C18H15Cl2NO2. The monoisotopic (exact) mass is 347 g/mol. The van der Waals surface area contributed by atoms with Gasteiger partial charge in [0.15, 0.2) is 0 Å². The summed E-state index contributed by atoms with van der Waals surface area (Å²) < 4.78 is 0. The van der Waals surface area contributed by atoms with Crippen molar-refractivity contribution in [2.45, 2.75) is 18.4 Å². The van der Waals surface area contributed by atoms with E-state index in [9.17, 15) is 10.2 Å². The van der Waals surface area contributed by atoms with Crippen LogP contribution in [0.1, 0.15) is 29.5 Å². The summed E-state index contributed by atoms with van der Waals surface area (Å²) in [6.45, 7) is 0. The second kappa shape index (κ2) is 5.36. The molecule has 0 saturated carbocycles. The first-order chi connectivity index (χ1) is 11.0. The van der Waals surface area contributed by atoms with Gasteiger partial charge in [0.2, 0.25) is 0 Å². The lowest BCUT2D eigenvalue weighted by atomic mass is 9.77. The molecule has 3 N–H and O–H groups in total. The van der Waals surface area contributed by atoms with E-state index in [0.29, 0.717) is 10.0 Å². The van der Waals surface area contributed by atoms with Gasteiger partial charge in [-0.3, -0.25) is 0 Å². The van der Waals surface area contributed by atoms with Gasteiger partial charge in [0.05, 0.1) is 6.04 Å². The third kappa shape index (κ3) is 2.35. The molecule has 4 rings (SSSR count). The molecule has 0 spiro atoms. The standard InChI is InChI=1S/C18H15Cl2NO2/c19-9-6-14(20)17-11-2-1-3-12(11)18(21-15(17)7-9)13-5-4-10(22)8-16(13)23/h1-2,4-8,11-12,18,21-23H,3H2. The first-order valence-corrected chi connectivity index (χ1v) is 8.24. The summed E-state index contributed by atoms with van der Waals surface area (Å²) in [5.74, 6) is 0.588. The maximum atomic E-state index is 10.2. The van der Waals surface area contributed by atoms with Gasteiger partial charge in [-0.2, -0.15) is 0 Å². The number of halogens is 2. The minimum atomic E-state index is -0.0716. The largest absolute Gasteiger partial charge is 0.508 e. The molecular weight excluding hydrogens is 333 g/mol. The highest BCUT2D eigenvalue weighted by atomic mass is 35.5. The maximum Gasteiger partial charge on any atom is 0.124 e. The van der Waals surface area contributed by atoms with Gasteiger partial charge in [0.1, 0.15) is 11.5 Å². The number of hydrogen-bond acceptors (Lipinski definition) is 3. The van der Waals surface area contributed by atoms with Crippen molar-refractivity contribution >= 4 is 28.9 Å². The van der Waals surface area contributed by atoms with E-state index in [1.165, 1.54) is 6.07 Å². The van der Waals surface area contributed by atoms with E-state index in [1.54, 1.807) is 18.2 Å². The number of anilines is 1. The zero-order valence-electron chi connectivity index (χ0n) is 12.1. The van der Waals surface area contributed by atoms with Crippen LogP contribution in [0.4, 0.5) is 5.69 Å². The molecule has 0 fully saturated rings. The topological polar surface area (TPSA) is 52.5 Å². The Bertz CT molecular complexity index is 819. The first kappa shape index (κ1) is 14.7. The van der Waals surface area contributed by atoms with E-state index in [1.807, 2.05) is 6.07 Å². The van der Waals surface area contributed by atoms with Crippen molar-refractivity contribution < 1.29 is 10.2 Å². The van der Waals surface area contributed by atoms with E-state index in [2.05, 4.69) is 17.5 Å². The number of rotatable bonds is 1. The minimum absolute atomic E-state index is 0.0506. The molecule has 0 radical (unpaired) electrons. The molecule has 2 aromatic rings. The van der Waals surface area contributed by atoms with Crippen molar-refractivity contribution in [1.29, 1.82) is 0 Å². The second-order valence-corrected chi connectivity index (χ2v) is 6.91. The molecule has 3 atom stereocenters. The fraction of sp³-hybridized carbons (Fsp3) is 0.222. The third-order valence-electron chi connectivity index (χ3n) is 4.73. The molecule has 0 amide bonds. The molecule has 1 heterocycles. The van der Waals surface area contributed by atoms with Crippen LogP contribution in [0.15, 0.2) is 42.5 Å². The predicted octanol–water partition coefficient (Wildman–Crippen LogP) is 5.23. The summed E-state index contributed by atoms with van der Waals surface area (Å²) in [7, 11) is 0. The second-order valence-electron chi connectivity index (χ2n) is 6.07. The van der Waals surface area contributed by atoms with Crippen molar-refractivity contribution in [1.82, 2.24) is 0 Å². The average molecular weight is 348 g/mol. The van der Waals surface area contributed by atoms with Crippen molar-refractivity contribution in [3.8, 4) is 11.5 Å². The van der Waals surface area contributed by atoms with E-state index in [-0.39, 0.29) is 29.4 Å². The van der Waals surface area contributed by atoms with Crippen LogP contribution in [0.25, 0.3) is 0 Å². The zero-order chi connectivity index (χ0) is 16.1. The first-order valence-electron chi connectivity index (χ1n) is 7.48. The van der Waals surface area contributed by atoms with Crippen LogP contribution in [-0.2, 0) is 0 Å². The Hall–Kier alpha value is -1.84. The highest BCUT2D eigenvalue weighted by Gasteiger charge is 2.40. The van der Waals surface area contributed by atoms with Crippen LogP contribution < -0.4 is 5.32 Å². The molecule has 3 nitrogen and oxygen atoms in total. The number of aromatic hydroxyl groups is 2. The normalized spacial score (nSPS) is 24.9. The highest BCUT2D eigenvalue weighted by Crippen LogP contribution is 2.53. The molecule has 118 valence electrons. The van der Waals surface area contributed by atoms with Gasteiger partial charge in [-0.05, 0) is 36.6 Å². The number of phenolic OH excluding ortho intramolecular Hbond substituents is 2. The van der Waals surface area contributed by atoms with E-state index >= 15 is 0 Å². The lowest BCUT2D eigenvalue weighted by Crippen LogP contribution is -2.29. The van der Waals surface area contributed by atoms with Gasteiger partial charge in [-0.25, -0.2) is 0 Å². The van der Waals surface area contributed by atoms with Gasteiger partial charge in [0.25, 0.3) is 0 Å². The number of hydrogen-bond donors (Lipinski definition) is 3. The zero-order valence-corrected chi connectivity index (χ0v) is 13.6. The molecule has 1 aliphatic heterocycles. The number of allylic oxidation sites excluding steroid dienone is 2. The molecule has 1 aliphatic carbocycles. The summed E-state index contributed by atoms with van der Waals surface area (Å²) >= 11 is 12.6. The van der Waals surface area contributed by atoms with Crippen molar-refractivity contribution in [2.75, 3.05) is 5.32 Å². The van der Waals surface area contributed by atoms with Gasteiger partial charge >= 0.3 is 0 Å². The average Bonchev–Trinajstić information content (AvgIpc) is 2.95. The fourth-order valence-corrected chi connectivity index (χ4v) is 4.37. The SMILES string of the molecule is Oc1ccc(C2Nc3cc(Cl)cc(Cl)c3C3C=CCC32)c(O)c1. The van der Waals surface area contributed by atoms with Gasteiger partial charge < -0.3 is 15.5 Å². The number of phenols is 2. The van der Waals surface area contributed by atoms with Crippen LogP contribution in [0.3, 0.4) is 0 Å². The number of nitrogens with one attached hydrogen (secondary N) is 1. The van der Waals surface area contributed by atoms with E-state index in [0.717, 1.165) is 23.2 Å². The minimum Gasteiger partial charge on any atom is -0.508 e. The number of benzene rings is 2. The van der Waals surface area contributed by atoms with Crippen LogP contribution in [0, 0.1) is 5.92 Å².